The van der Waals surface area contributed by atoms with E-state index in [1.54, 1.807) is 7.11 Å². The lowest BCUT2D eigenvalue weighted by Crippen LogP contribution is -2.10. The van der Waals surface area contributed by atoms with E-state index in [0.29, 0.717) is 12.8 Å². The maximum Gasteiger partial charge on any atom is 0.163 e. The summed E-state index contributed by atoms with van der Waals surface area (Å²) in [6.45, 7) is 0. The zero-order valence-electron chi connectivity index (χ0n) is 9.08. The van der Waals surface area contributed by atoms with Gasteiger partial charge in [0.05, 0.1) is 7.11 Å². The third-order valence-electron chi connectivity index (χ3n) is 3.12. The molecule has 0 unspecified atom stereocenters. The summed E-state index contributed by atoms with van der Waals surface area (Å²) in [6.07, 6.45) is 2.02. The Hall–Kier alpha value is -1.77. The highest BCUT2D eigenvalue weighted by Gasteiger charge is 2.29. The summed E-state index contributed by atoms with van der Waals surface area (Å²) in [5.41, 5.74) is 1.88. The van der Waals surface area contributed by atoms with E-state index < -0.39 is 0 Å². The van der Waals surface area contributed by atoms with Crippen LogP contribution in [-0.4, -0.2) is 12.9 Å². The lowest BCUT2D eigenvalue weighted by Gasteiger charge is -2.19. The molecular formula is C13H12O3. The smallest absolute Gasteiger partial charge is 0.163 e. The molecule has 3 nitrogen and oxygen atoms in total. The minimum atomic E-state index is 0.225. The summed E-state index contributed by atoms with van der Waals surface area (Å²) in [7, 11) is 1.64. The SMILES string of the molecule is COc1ccc2c(c1)CC1=C(CCC1=O)O2. The van der Waals surface area contributed by atoms with Gasteiger partial charge in [0.2, 0.25) is 0 Å². The summed E-state index contributed by atoms with van der Waals surface area (Å²) in [5.74, 6) is 2.75. The number of Topliss-reactive ketones (excluding diaryl/α,β-unsaturated/α-hetero) is 1. The van der Waals surface area contributed by atoms with Crippen molar-refractivity contribution < 1.29 is 14.3 Å². The molecule has 82 valence electrons. The highest BCUT2D eigenvalue weighted by Crippen LogP contribution is 2.37. The lowest BCUT2D eigenvalue weighted by atomic mass is 10.0. The fraction of sp³-hybridized carbons (Fsp3) is 0.308. The van der Waals surface area contributed by atoms with Gasteiger partial charge in [0, 0.05) is 30.4 Å². The number of ether oxygens (including phenoxy) is 2. The average molecular weight is 216 g/mol. The van der Waals surface area contributed by atoms with Gasteiger partial charge in [-0.2, -0.15) is 0 Å². The highest BCUT2D eigenvalue weighted by molar-refractivity contribution is 5.99. The Labute approximate surface area is 93.7 Å². The molecule has 0 saturated heterocycles. The second kappa shape index (κ2) is 3.37. The summed E-state index contributed by atoms with van der Waals surface area (Å²) in [5, 5.41) is 0. The molecule has 16 heavy (non-hydrogen) atoms. The molecule has 1 heterocycles. The van der Waals surface area contributed by atoms with Crippen molar-refractivity contribution in [1.29, 1.82) is 0 Å². The van der Waals surface area contributed by atoms with Crippen molar-refractivity contribution in [3.8, 4) is 11.5 Å². The first-order chi connectivity index (χ1) is 7.78. The number of hydrogen-bond acceptors (Lipinski definition) is 3. The van der Waals surface area contributed by atoms with E-state index >= 15 is 0 Å². The van der Waals surface area contributed by atoms with Crippen molar-refractivity contribution in [3.63, 3.8) is 0 Å². The number of ketones is 1. The van der Waals surface area contributed by atoms with Crippen molar-refractivity contribution in [2.45, 2.75) is 19.3 Å². The molecule has 0 saturated carbocycles. The van der Waals surface area contributed by atoms with Gasteiger partial charge in [-0.1, -0.05) is 0 Å². The van der Waals surface area contributed by atoms with Crippen LogP contribution in [0.4, 0.5) is 0 Å². The van der Waals surface area contributed by atoms with E-state index in [0.717, 1.165) is 34.8 Å². The van der Waals surface area contributed by atoms with E-state index in [4.69, 9.17) is 9.47 Å². The summed E-state index contributed by atoms with van der Waals surface area (Å²) < 4.78 is 10.9. The number of rotatable bonds is 1. The average Bonchev–Trinajstić information content (AvgIpc) is 2.67. The minimum Gasteiger partial charge on any atom is -0.497 e. The van der Waals surface area contributed by atoms with Crippen LogP contribution in [-0.2, 0) is 11.2 Å². The third-order valence-corrected chi connectivity index (χ3v) is 3.12. The summed E-state index contributed by atoms with van der Waals surface area (Å²) in [4.78, 5) is 11.6. The van der Waals surface area contributed by atoms with Gasteiger partial charge in [-0.15, -0.1) is 0 Å². The predicted octanol–water partition coefficient (Wildman–Crippen LogP) is 2.25. The van der Waals surface area contributed by atoms with Crippen molar-refractivity contribution >= 4 is 5.78 Å². The van der Waals surface area contributed by atoms with Gasteiger partial charge in [0.15, 0.2) is 5.78 Å². The largest absolute Gasteiger partial charge is 0.497 e. The normalized spacial score (nSPS) is 17.9. The Bertz CT molecular complexity index is 500. The molecule has 2 aliphatic rings. The van der Waals surface area contributed by atoms with Gasteiger partial charge in [-0.05, 0) is 18.2 Å². The van der Waals surface area contributed by atoms with Crippen LogP contribution in [0.15, 0.2) is 29.5 Å². The first-order valence-electron chi connectivity index (χ1n) is 5.38. The van der Waals surface area contributed by atoms with Crippen LogP contribution in [0, 0.1) is 0 Å². The fourth-order valence-corrected chi connectivity index (χ4v) is 2.24. The van der Waals surface area contributed by atoms with Crippen molar-refractivity contribution in [2.24, 2.45) is 0 Å². The van der Waals surface area contributed by atoms with Crippen LogP contribution < -0.4 is 9.47 Å². The van der Waals surface area contributed by atoms with Gasteiger partial charge >= 0.3 is 0 Å². The lowest BCUT2D eigenvalue weighted by molar-refractivity contribution is -0.115. The van der Waals surface area contributed by atoms with Crippen molar-refractivity contribution in [1.82, 2.24) is 0 Å². The first kappa shape index (κ1) is 9.46. The minimum absolute atomic E-state index is 0.225. The number of carbonyl (C=O) groups excluding carboxylic acids is 1. The Morgan fingerprint density at radius 3 is 3.00 bits per heavy atom. The third kappa shape index (κ3) is 1.32. The molecular weight excluding hydrogens is 204 g/mol. The van der Waals surface area contributed by atoms with E-state index in [1.807, 2.05) is 18.2 Å². The number of benzene rings is 1. The number of carbonyl (C=O) groups is 1. The molecule has 0 radical (unpaired) electrons. The standard InChI is InChI=1S/C13H12O3/c1-15-9-2-4-12-8(6-9)7-10-11(14)3-5-13(10)16-12/h2,4,6H,3,5,7H2,1H3. The Morgan fingerprint density at radius 2 is 2.19 bits per heavy atom. The maximum atomic E-state index is 11.6. The van der Waals surface area contributed by atoms with E-state index in [-0.39, 0.29) is 5.78 Å². The van der Waals surface area contributed by atoms with Gasteiger partial charge in [-0.25, -0.2) is 0 Å². The van der Waals surface area contributed by atoms with Gasteiger partial charge in [0.25, 0.3) is 0 Å². The van der Waals surface area contributed by atoms with Crippen LogP contribution >= 0.6 is 0 Å². The van der Waals surface area contributed by atoms with Crippen LogP contribution in [0.5, 0.6) is 11.5 Å². The van der Waals surface area contributed by atoms with Crippen LogP contribution in [0.1, 0.15) is 18.4 Å². The predicted molar refractivity (Wildman–Crippen MR) is 58.6 cm³/mol. The molecule has 0 atom stereocenters. The highest BCUT2D eigenvalue weighted by atomic mass is 16.5. The van der Waals surface area contributed by atoms with Crippen LogP contribution in [0.2, 0.25) is 0 Å². The molecule has 0 bridgehead atoms. The molecule has 1 aromatic rings. The fourth-order valence-electron chi connectivity index (χ4n) is 2.24. The topological polar surface area (TPSA) is 35.5 Å². The second-order valence-corrected chi connectivity index (χ2v) is 4.08. The quantitative estimate of drug-likeness (QED) is 0.722. The molecule has 3 rings (SSSR count). The molecule has 0 spiro atoms. The Morgan fingerprint density at radius 1 is 1.31 bits per heavy atom. The first-order valence-corrected chi connectivity index (χ1v) is 5.38. The Balaban J connectivity index is 2.01. The summed E-state index contributed by atoms with van der Waals surface area (Å²) >= 11 is 0. The van der Waals surface area contributed by atoms with Gasteiger partial charge in [0.1, 0.15) is 17.3 Å². The Kier molecular flexibility index (Phi) is 1.99. The second-order valence-electron chi connectivity index (χ2n) is 4.08. The van der Waals surface area contributed by atoms with Gasteiger partial charge in [-0.3, -0.25) is 4.79 Å². The number of allylic oxidation sites excluding steroid dienone is 2. The molecule has 1 aliphatic carbocycles. The van der Waals surface area contributed by atoms with E-state index in [1.165, 1.54) is 0 Å². The molecule has 0 aromatic heterocycles. The number of hydrogen-bond donors (Lipinski definition) is 0. The molecule has 3 heteroatoms. The molecule has 0 fully saturated rings. The molecule has 0 amide bonds. The van der Waals surface area contributed by atoms with Crippen molar-refractivity contribution in [3.05, 3.63) is 35.1 Å². The number of methoxy groups -OCH3 is 1. The zero-order valence-corrected chi connectivity index (χ0v) is 9.08. The van der Waals surface area contributed by atoms with E-state index in [9.17, 15) is 4.79 Å². The van der Waals surface area contributed by atoms with Crippen LogP contribution in [0.3, 0.4) is 0 Å². The zero-order chi connectivity index (χ0) is 11.1. The van der Waals surface area contributed by atoms with Crippen LogP contribution in [0.25, 0.3) is 0 Å². The molecule has 0 N–H and O–H groups in total. The van der Waals surface area contributed by atoms with E-state index in [2.05, 4.69) is 0 Å². The number of fused-ring (bicyclic) bond motifs is 1. The van der Waals surface area contributed by atoms with Crippen molar-refractivity contribution in [2.75, 3.05) is 7.11 Å². The van der Waals surface area contributed by atoms with Gasteiger partial charge < -0.3 is 9.47 Å². The molecule has 1 aliphatic heterocycles. The maximum absolute atomic E-state index is 11.6. The molecule has 1 aromatic carbocycles. The summed E-state index contributed by atoms with van der Waals surface area (Å²) in [6, 6.07) is 5.71. The monoisotopic (exact) mass is 216 g/mol.